The number of halogens is 4. The normalized spacial score (nSPS) is 32.3. The van der Waals surface area contributed by atoms with Gasteiger partial charge in [0.2, 0.25) is 0 Å². The van der Waals surface area contributed by atoms with Crippen molar-refractivity contribution < 1.29 is 14.7 Å². The summed E-state index contributed by atoms with van der Waals surface area (Å²) in [4.78, 5) is 22.1. The molecule has 1 aromatic rings. The van der Waals surface area contributed by atoms with Gasteiger partial charge in [0, 0.05) is 5.92 Å². The largest absolute Gasteiger partial charge is 0.508 e. The van der Waals surface area contributed by atoms with Crippen molar-refractivity contribution in [1.29, 1.82) is 0 Å². The van der Waals surface area contributed by atoms with Crippen molar-refractivity contribution in [3.05, 3.63) is 64.2 Å². The first-order chi connectivity index (χ1) is 11.7. The maximum absolute atomic E-state index is 13.0. The van der Waals surface area contributed by atoms with Gasteiger partial charge in [-0.15, -0.1) is 23.2 Å². The number of phenolic OH excluding ortho intramolecular Hbond substituents is 1. The second kappa shape index (κ2) is 6.17. The molecule has 1 N–H and O–H groups in total. The van der Waals surface area contributed by atoms with Crippen LogP contribution in [0.1, 0.15) is 17.9 Å². The number of carbonyl (C=O) groups is 2. The quantitative estimate of drug-likeness (QED) is 0.704. The minimum Gasteiger partial charge on any atom is -0.508 e. The zero-order chi connectivity index (χ0) is 18.6. The Morgan fingerprint density at radius 2 is 1.80 bits per heavy atom. The van der Waals surface area contributed by atoms with Crippen LogP contribution in [-0.2, 0) is 9.59 Å². The fraction of sp³-hybridized carbons (Fsp3) is 0.222. The number of aromatic hydroxyl groups is 1. The van der Waals surface area contributed by atoms with E-state index in [1.165, 1.54) is 12.1 Å². The Kier molecular flexibility index (Phi) is 4.57. The highest BCUT2D eigenvalue weighted by Crippen LogP contribution is 2.59. The van der Waals surface area contributed by atoms with E-state index in [-0.39, 0.29) is 12.2 Å². The minimum absolute atomic E-state index is 0.000311. The van der Waals surface area contributed by atoms with Gasteiger partial charge in [0.1, 0.15) is 25.6 Å². The number of rotatable bonds is 2. The van der Waals surface area contributed by atoms with Crippen molar-refractivity contribution in [2.24, 2.45) is 0 Å². The second-order valence-electron chi connectivity index (χ2n) is 5.94. The standard InChI is InChI=1S/C18H12Cl4O3/c1-2-9-6-7-17(21)15(24)13(19)14(20)16(25)18(17,22)12(9)10-4-3-5-11(23)8-10/h2-6,8,12,23H,1,7H2. The molecule has 0 amide bonds. The van der Waals surface area contributed by atoms with Gasteiger partial charge in [-0.2, -0.15) is 0 Å². The van der Waals surface area contributed by atoms with E-state index in [9.17, 15) is 14.7 Å². The topological polar surface area (TPSA) is 54.4 Å². The molecule has 3 rings (SSSR count). The van der Waals surface area contributed by atoms with Gasteiger partial charge in [-0.3, -0.25) is 9.59 Å². The highest BCUT2D eigenvalue weighted by atomic mass is 35.5. The monoisotopic (exact) mass is 416 g/mol. The maximum Gasteiger partial charge on any atom is 0.199 e. The van der Waals surface area contributed by atoms with E-state index in [1.54, 1.807) is 24.3 Å². The summed E-state index contributed by atoms with van der Waals surface area (Å²) < 4.78 is 0. The summed E-state index contributed by atoms with van der Waals surface area (Å²) in [6, 6.07) is 6.23. The molecule has 0 aliphatic heterocycles. The number of alkyl halides is 2. The summed E-state index contributed by atoms with van der Waals surface area (Å²) in [5.74, 6) is -2.27. The summed E-state index contributed by atoms with van der Waals surface area (Å²) in [5.41, 5.74) is 1.12. The van der Waals surface area contributed by atoms with Gasteiger partial charge in [0.05, 0.1) is 0 Å². The molecule has 2 aliphatic rings. The van der Waals surface area contributed by atoms with Crippen LogP contribution in [0.3, 0.4) is 0 Å². The summed E-state index contributed by atoms with van der Waals surface area (Å²) in [6.07, 6.45) is 3.24. The van der Waals surface area contributed by atoms with E-state index >= 15 is 0 Å². The van der Waals surface area contributed by atoms with Crippen molar-refractivity contribution in [3.63, 3.8) is 0 Å². The SMILES string of the molecule is C=CC1=CCC2(Cl)C(=O)C(Cl)=C(Cl)C(=O)C2(Cl)C1c1cccc(O)c1. The van der Waals surface area contributed by atoms with E-state index in [0.29, 0.717) is 11.1 Å². The first-order valence-corrected chi connectivity index (χ1v) is 8.83. The number of carbonyl (C=O) groups excluding carboxylic acids is 2. The number of Topliss-reactive ketones (excluding diaryl/α,β-unsaturated/α-hetero) is 2. The third kappa shape index (κ3) is 2.41. The van der Waals surface area contributed by atoms with Gasteiger partial charge in [0.15, 0.2) is 11.6 Å². The Balaban J connectivity index is 2.34. The van der Waals surface area contributed by atoms with Gasteiger partial charge >= 0.3 is 0 Å². The molecule has 0 fully saturated rings. The van der Waals surface area contributed by atoms with Gasteiger partial charge < -0.3 is 5.11 Å². The van der Waals surface area contributed by atoms with Crippen molar-refractivity contribution in [3.8, 4) is 5.75 Å². The molecule has 0 bridgehead atoms. The van der Waals surface area contributed by atoms with Crippen LogP contribution in [0.2, 0.25) is 0 Å². The highest BCUT2D eigenvalue weighted by Gasteiger charge is 2.68. The Hall–Kier alpha value is -1.26. The van der Waals surface area contributed by atoms with Crippen LogP contribution in [0.15, 0.2) is 58.6 Å². The number of allylic oxidation sites excluding steroid dienone is 5. The molecule has 0 saturated carbocycles. The lowest BCUT2D eigenvalue weighted by Gasteiger charge is -2.49. The van der Waals surface area contributed by atoms with Crippen molar-refractivity contribution >= 4 is 58.0 Å². The van der Waals surface area contributed by atoms with E-state index < -0.39 is 37.3 Å². The minimum atomic E-state index is -1.90. The Labute approximate surface area is 164 Å². The first kappa shape index (κ1) is 18.5. The lowest BCUT2D eigenvalue weighted by Crippen LogP contribution is -2.64. The zero-order valence-electron chi connectivity index (χ0n) is 12.7. The highest BCUT2D eigenvalue weighted by molar-refractivity contribution is 6.66. The number of hydrogen-bond acceptors (Lipinski definition) is 3. The Morgan fingerprint density at radius 1 is 1.16 bits per heavy atom. The van der Waals surface area contributed by atoms with Crippen LogP contribution in [0.5, 0.6) is 5.75 Å². The number of ketones is 2. The van der Waals surface area contributed by atoms with Gasteiger partial charge in [-0.1, -0.05) is 54.1 Å². The third-order valence-corrected chi connectivity index (χ3v) is 6.90. The number of phenols is 1. The fourth-order valence-corrected chi connectivity index (χ4v) is 4.87. The van der Waals surface area contributed by atoms with E-state index in [2.05, 4.69) is 6.58 Å². The predicted octanol–water partition coefficient (Wildman–Crippen LogP) is 4.79. The first-order valence-electron chi connectivity index (χ1n) is 7.32. The molecule has 0 radical (unpaired) electrons. The summed E-state index contributed by atoms with van der Waals surface area (Å²) in [6.45, 7) is 3.75. The third-order valence-electron chi connectivity index (χ3n) is 4.65. The van der Waals surface area contributed by atoms with E-state index in [0.717, 1.165) is 0 Å². The van der Waals surface area contributed by atoms with Crippen LogP contribution in [0, 0.1) is 0 Å². The van der Waals surface area contributed by atoms with E-state index in [1.807, 2.05) is 0 Å². The molecular weight excluding hydrogens is 406 g/mol. The molecule has 130 valence electrons. The molecule has 3 atom stereocenters. The lowest BCUT2D eigenvalue weighted by molar-refractivity contribution is -0.127. The molecule has 1 aromatic carbocycles. The van der Waals surface area contributed by atoms with Crippen molar-refractivity contribution in [2.45, 2.75) is 22.1 Å². The molecule has 0 saturated heterocycles. The predicted molar refractivity (Wildman–Crippen MR) is 99.7 cm³/mol. The number of hydrogen-bond donors (Lipinski definition) is 1. The van der Waals surface area contributed by atoms with E-state index in [4.69, 9.17) is 46.4 Å². The van der Waals surface area contributed by atoms with Crippen LogP contribution in [0.4, 0.5) is 0 Å². The molecule has 3 nitrogen and oxygen atoms in total. The van der Waals surface area contributed by atoms with Crippen LogP contribution in [0.25, 0.3) is 0 Å². The summed E-state index contributed by atoms with van der Waals surface area (Å²) >= 11 is 25.3. The molecular formula is C18H12Cl4O3. The summed E-state index contributed by atoms with van der Waals surface area (Å²) in [5, 5.41) is 8.98. The Bertz CT molecular complexity index is 873. The van der Waals surface area contributed by atoms with Gasteiger partial charge in [-0.05, 0) is 29.7 Å². The number of fused-ring (bicyclic) bond motifs is 1. The van der Waals surface area contributed by atoms with Crippen LogP contribution < -0.4 is 0 Å². The van der Waals surface area contributed by atoms with Crippen LogP contribution >= 0.6 is 46.4 Å². The maximum atomic E-state index is 13.0. The van der Waals surface area contributed by atoms with Gasteiger partial charge in [0.25, 0.3) is 0 Å². The molecule has 0 spiro atoms. The van der Waals surface area contributed by atoms with Gasteiger partial charge in [-0.25, -0.2) is 0 Å². The fourth-order valence-electron chi connectivity index (χ4n) is 3.41. The van der Waals surface area contributed by atoms with Crippen molar-refractivity contribution in [1.82, 2.24) is 0 Å². The van der Waals surface area contributed by atoms with Crippen LogP contribution in [-0.4, -0.2) is 26.4 Å². The number of benzene rings is 1. The molecule has 25 heavy (non-hydrogen) atoms. The second-order valence-corrected chi connectivity index (χ2v) is 7.94. The summed E-state index contributed by atoms with van der Waals surface area (Å²) in [7, 11) is 0. The molecule has 3 unspecified atom stereocenters. The Morgan fingerprint density at radius 3 is 2.40 bits per heavy atom. The molecule has 0 aromatic heterocycles. The smallest absolute Gasteiger partial charge is 0.199 e. The average molecular weight is 418 g/mol. The average Bonchev–Trinajstić information content (AvgIpc) is 2.60. The zero-order valence-corrected chi connectivity index (χ0v) is 15.8. The molecule has 7 heteroatoms. The molecule has 0 heterocycles. The molecule has 2 aliphatic carbocycles. The van der Waals surface area contributed by atoms with Crippen molar-refractivity contribution in [2.75, 3.05) is 0 Å². The lowest BCUT2D eigenvalue weighted by atomic mass is 9.62.